The van der Waals surface area contributed by atoms with Crippen molar-refractivity contribution >= 4 is 0 Å². The van der Waals surface area contributed by atoms with Crippen LogP contribution < -0.4 is 0 Å². The van der Waals surface area contributed by atoms with Gasteiger partial charge in [0.1, 0.15) is 0 Å². The van der Waals surface area contributed by atoms with E-state index in [-0.39, 0.29) is 7.43 Å². The minimum atomic E-state index is 0. The average Bonchev–Trinajstić information content (AvgIpc) is 2.07. The van der Waals surface area contributed by atoms with E-state index in [9.17, 15) is 0 Å². The number of hydrogen-bond acceptors (Lipinski definition) is 0. The lowest BCUT2D eigenvalue weighted by Crippen LogP contribution is -2.19. The molecular formula is C14H24. The highest BCUT2D eigenvalue weighted by Crippen LogP contribution is 2.37. The van der Waals surface area contributed by atoms with Crippen LogP contribution >= 0.6 is 0 Å². The molecule has 0 bridgehead atoms. The zero-order chi connectivity index (χ0) is 9.10. The highest BCUT2D eigenvalue weighted by atomic mass is 14.3. The molecule has 0 radical (unpaired) electrons. The molecule has 2 aliphatic rings. The molecule has 80 valence electrons. The molecule has 0 N–H and O–H groups in total. The van der Waals surface area contributed by atoms with Crippen LogP contribution in [-0.4, -0.2) is 0 Å². The maximum Gasteiger partial charge on any atom is -0.0174 e. The van der Waals surface area contributed by atoms with Gasteiger partial charge >= 0.3 is 0 Å². The summed E-state index contributed by atoms with van der Waals surface area (Å²) in [4.78, 5) is 0. The van der Waals surface area contributed by atoms with Crippen molar-refractivity contribution in [2.45, 2.75) is 52.9 Å². The molecule has 2 aliphatic carbocycles. The van der Waals surface area contributed by atoms with E-state index in [1.165, 1.54) is 38.5 Å². The van der Waals surface area contributed by atoms with Crippen molar-refractivity contribution in [2.24, 2.45) is 11.8 Å². The minimum Gasteiger partial charge on any atom is -0.0885 e. The molecule has 2 rings (SSSR count). The van der Waals surface area contributed by atoms with Crippen LogP contribution in [0, 0.1) is 11.8 Å². The van der Waals surface area contributed by atoms with Crippen molar-refractivity contribution in [3.05, 3.63) is 23.8 Å². The Bertz CT molecular complexity index is 222. The Morgan fingerprint density at radius 2 is 2.00 bits per heavy atom. The summed E-state index contributed by atoms with van der Waals surface area (Å²) in [7, 11) is 0. The lowest BCUT2D eigenvalue weighted by Gasteiger charge is -2.31. The van der Waals surface area contributed by atoms with Crippen molar-refractivity contribution in [1.82, 2.24) is 0 Å². The van der Waals surface area contributed by atoms with Crippen LogP contribution in [0.1, 0.15) is 52.9 Å². The first-order valence-electron chi connectivity index (χ1n) is 5.69. The van der Waals surface area contributed by atoms with Gasteiger partial charge in [-0.15, -0.1) is 0 Å². The molecule has 0 heterocycles. The van der Waals surface area contributed by atoms with Crippen LogP contribution in [0.25, 0.3) is 0 Å². The minimum absolute atomic E-state index is 0. The summed E-state index contributed by atoms with van der Waals surface area (Å²) in [5, 5.41) is 0. The Morgan fingerprint density at radius 1 is 1.14 bits per heavy atom. The highest BCUT2D eigenvalue weighted by molar-refractivity contribution is 5.10. The SMILES string of the molecule is C.CC1=CCCC2CC=CCCCC12. The Balaban J connectivity index is 0.000000980. The first kappa shape index (κ1) is 11.6. The predicted molar refractivity (Wildman–Crippen MR) is 64.3 cm³/mol. The van der Waals surface area contributed by atoms with Gasteiger partial charge in [0, 0.05) is 0 Å². The van der Waals surface area contributed by atoms with Crippen molar-refractivity contribution < 1.29 is 0 Å². The zero-order valence-corrected chi connectivity index (χ0v) is 8.63. The molecule has 0 fully saturated rings. The van der Waals surface area contributed by atoms with E-state index in [4.69, 9.17) is 0 Å². The van der Waals surface area contributed by atoms with Crippen LogP contribution in [0.4, 0.5) is 0 Å². The molecular weight excluding hydrogens is 168 g/mol. The molecule has 14 heavy (non-hydrogen) atoms. The Morgan fingerprint density at radius 3 is 2.86 bits per heavy atom. The smallest absolute Gasteiger partial charge is 0.0174 e. The quantitative estimate of drug-likeness (QED) is 0.487. The van der Waals surface area contributed by atoms with Crippen LogP contribution in [0.3, 0.4) is 0 Å². The Hall–Kier alpha value is -0.520. The molecule has 0 nitrogen and oxygen atoms in total. The molecule has 0 saturated heterocycles. The second kappa shape index (κ2) is 5.38. The molecule has 0 aliphatic heterocycles. The molecule has 0 aromatic heterocycles. The van der Waals surface area contributed by atoms with Crippen LogP contribution in [0.15, 0.2) is 23.8 Å². The standard InChI is InChI=1S/C13H20.CH4/c1-11-7-6-9-12-8-4-2-3-5-10-13(11)12;/h2,4,7,12-13H,3,5-6,8-10H2,1H3;1H4. The van der Waals surface area contributed by atoms with Crippen LogP contribution in [0.2, 0.25) is 0 Å². The number of allylic oxidation sites excluding steroid dienone is 4. The maximum absolute atomic E-state index is 2.46. The summed E-state index contributed by atoms with van der Waals surface area (Å²) in [6.07, 6.45) is 15.4. The fourth-order valence-corrected chi connectivity index (χ4v) is 2.84. The summed E-state index contributed by atoms with van der Waals surface area (Å²) in [6, 6.07) is 0. The third-order valence-electron chi connectivity index (χ3n) is 3.65. The van der Waals surface area contributed by atoms with E-state index < -0.39 is 0 Å². The van der Waals surface area contributed by atoms with Gasteiger partial charge < -0.3 is 0 Å². The summed E-state index contributed by atoms with van der Waals surface area (Å²) in [6.45, 7) is 2.34. The van der Waals surface area contributed by atoms with Gasteiger partial charge in [0.15, 0.2) is 0 Å². The number of hydrogen-bond donors (Lipinski definition) is 0. The van der Waals surface area contributed by atoms with Crippen molar-refractivity contribution in [2.75, 3.05) is 0 Å². The fraction of sp³-hybridized carbons (Fsp3) is 0.714. The topological polar surface area (TPSA) is 0 Å². The largest absolute Gasteiger partial charge is 0.0885 e. The van der Waals surface area contributed by atoms with Crippen molar-refractivity contribution in [3.63, 3.8) is 0 Å². The third kappa shape index (κ3) is 2.50. The zero-order valence-electron chi connectivity index (χ0n) is 8.63. The van der Waals surface area contributed by atoms with Gasteiger partial charge in [-0.05, 0) is 57.3 Å². The second-order valence-electron chi connectivity index (χ2n) is 4.53. The Labute approximate surface area is 89.1 Å². The van der Waals surface area contributed by atoms with E-state index in [1.807, 2.05) is 0 Å². The van der Waals surface area contributed by atoms with Gasteiger partial charge in [-0.25, -0.2) is 0 Å². The van der Waals surface area contributed by atoms with Gasteiger partial charge in [-0.1, -0.05) is 31.2 Å². The third-order valence-corrected chi connectivity index (χ3v) is 3.65. The summed E-state index contributed by atoms with van der Waals surface area (Å²) < 4.78 is 0. The molecule has 0 heteroatoms. The van der Waals surface area contributed by atoms with Crippen LogP contribution in [0.5, 0.6) is 0 Å². The average molecular weight is 192 g/mol. The van der Waals surface area contributed by atoms with E-state index in [2.05, 4.69) is 25.2 Å². The predicted octanol–water partition coefficient (Wildman–Crippen LogP) is 4.73. The number of rotatable bonds is 0. The van der Waals surface area contributed by atoms with E-state index >= 15 is 0 Å². The van der Waals surface area contributed by atoms with Crippen LogP contribution in [-0.2, 0) is 0 Å². The molecule has 2 unspecified atom stereocenters. The maximum atomic E-state index is 2.46. The summed E-state index contributed by atoms with van der Waals surface area (Å²) in [5.41, 5.74) is 1.67. The van der Waals surface area contributed by atoms with Crippen molar-refractivity contribution in [1.29, 1.82) is 0 Å². The van der Waals surface area contributed by atoms with E-state index in [1.54, 1.807) is 5.57 Å². The van der Waals surface area contributed by atoms with Gasteiger partial charge in [0.05, 0.1) is 0 Å². The first-order chi connectivity index (χ1) is 6.38. The lowest BCUT2D eigenvalue weighted by molar-refractivity contribution is 0.314. The molecule has 0 saturated carbocycles. The van der Waals surface area contributed by atoms with E-state index in [0.29, 0.717) is 0 Å². The molecule has 2 atom stereocenters. The van der Waals surface area contributed by atoms with Gasteiger partial charge in [0.2, 0.25) is 0 Å². The lowest BCUT2D eigenvalue weighted by atomic mass is 9.74. The normalized spacial score (nSPS) is 31.9. The highest BCUT2D eigenvalue weighted by Gasteiger charge is 2.24. The fourth-order valence-electron chi connectivity index (χ4n) is 2.84. The van der Waals surface area contributed by atoms with Gasteiger partial charge in [-0.2, -0.15) is 0 Å². The number of fused-ring (bicyclic) bond motifs is 1. The summed E-state index contributed by atoms with van der Waals surface area (Å²) in [5.74, 6) is 1.88. The monoisotopic (exact) mass is 192 g/mol. The second-order valence-corrected chi connectivity index (χ2v) is 4.53. The van der Waals surface area contributed by atoms with Gasteiger partial charge in [-0.3, -0.25) is 0 Å². The van der Waals surface area contributed by atoms with E-state index in [0.717, 1.165) is 11.8 Å². The molecule has 0 aromatic rings. The van der Waals surface area contributed by atoms with Gasteiger partial charge in [0.25, 0.3) is 0 Å². The molecule has 0 amide bonds. The molecule has 0 spiro atoms. The summed E-state index contributed by atoms with van der Waals surface area (Å²) >= 11 is 0. The molecule has 0 aromatic carbocycles. The Kier molecular flexibility index (Phi) is 4.44. The van der Waals surface area contributed by atoms with Crippen molar-refractivity contribution in [3.8, 4) is 0 Å². The first-order valence-corrected chi connectivity index (χ1v) is 5.69.